The van der Waals surface area contributed by atoms with Crippen LogP contribution in [0.5, 0.6) is 5.75 Å². The summed E-state index contributed by atoms with van der Waals surface area (Å²) in [5.74, 6) is 0.800. The number of hydrogen-bond donors (Lipinski definition) is 0. The van der Waals surface area contributed by atoms with Crippen molar-refractivity contribution in [2.75, 3.05) is 7.11 Å². The first-order valence-electron chi connectivity index (χ1n) is 3.43. The van der Waals surface area contributed by atoms with Gasteiger partial charge in [-0.15, -0.1) is 0 Å². The minimum atomic E-state index is 0.736. The fourth-order valence-electron chi connectivity index (χ4n) is 1.08. The number of rotatable bonds is 1. The topological polar surface area (TPSA) is 34.5 Å². The van der Waals surface area contributed by atoms with Crippen LogP contribution in [0.2, 0.25) is 0 Å². The lowest BCUT2D eigenvalue weighted by Crippen LogP contribution is -1.91. The standard InChI is InChI=1S/C8H8N2O/c1-11-7-2-6-3-9-5-8(6)10-4-7/h2,4-5H,3H2,1H3. The predicted molar refractivity (Wildman–Crippen MR) is 42.1 cm³/mol. The molecule has 1 aromatic heterocycles. The molecule has 1 aliphatic heterocycles. The number of aromatic nitrogens is 1. The average Bonchev–Trinajstić information content (AvgIpc) is 2.50. The number of pyridine rings is 1. The highest BCUT2D eigenvalue weighted by Crippen LogP contribution is 2.17. The van der Waals surface area contributed by atoms with Crippen LogP contribution in [0.1, 0.15) is 11.3 Å². The number of aliphatic imine (C=N–C) groups is 1. The largest absolute Gasteiger partial charge is 0.495 e. The molecule has 0 saturated carbocycles. The van der Waals surface area contributed by atoms with Crippen molar-refractivity contribution in [3.05, 3.63) is 23.5 Å². The number of hydrogen-bond acceptors (Lipinski definition) is 3. The van der Waals surface area contributed by atoms with E-state index in [9.17, 15) is 0 Å². The molecule has 0 saturated heterocycles. The Kier molecular flexibility index (Phi) is 1.35. The first-order chi connectivity index (χ1) is 5.40. The fraction of sp³-hybridized carbons (Fsp3) is 0.250. The Bertz CT molecular complexity index is 307. The molecule has 0 aliphatic carbocycles. The van der Waals surface area contributed by atoms with Crippen LogP contribution < -0.4 is 4.74 Å². The first-order valence-corrected chi connectivity index (χ1v) is 3.43. The molecule has 11 heavy (non-hydrogen) atoms. The lowest BCUT2D eigenvalue weighted by Gasteiger charge is -2.00. The smallest absolute Gasteiger partial charge is 0.137 e. The second-order valence-corrected chi connectivity index (χ2v) is 2.39. The maximum atomic E-state index is 5.02. The normalized spacial score (nSPS) is 13.2. The van der Waals surface area contributed by atoms with Gasteiger partial charge in [0.15, 0.2) is 0 Å². The zero-order valence-electron chi connectivity index (χ0n) is 6.24. The van der Waals surface area contributed by atoms with E-state index >= 15 is 0 Å². The lowest BCUT2D eigenvalue weighted by molar-refractivity contribution is 0.412. The van der Waals surface area contributed by atoms with Gasteiger partial charge in [-0.2, -0.15) is 0 Å². The monoisotopic (exact) mass is 148 g/mol. The summed E-state index contributed by atoms with van der Waals surface area (Å²) in [6.07, 6.45) is 3.49. The third-order valence-corrected chi connectivity index (χ3v) is 1.69. The Morgan fingerprint density at radius 3 is 3.27 bits per heavy atom. The van der Waals surface area contributed by atoms with Crippen LogP contribution in [0.25, 0.3) is 0 Å². The summed E-state index contributed by atoms with van der Waals surface area (Å²) in [4.78, 5) is 8.24. The van der Waals surface area contributed by atoms with Crippen molar-refractivity contribution < 1.29 is 4.74 Å². The molecule has 0 bridgehead atoms. The van der Waals surface area contributed by atoms with Gasteiger partial charge < -0.3 is 4.74 Å². The molecule has 2 heterocycles. The predicted octanol–water partition coefficient (Wildman–Crippen LogP) is 1.02. The summed E-state index contributed by atoms with van der Waals surface area (Å²) in [6.45, 7) is 0.736. The summed E-state index contributed by atoms with van der Waals surface area (Å²) in [6, 6.07) is 1.97. The Labute approximate surface area is 64.7 Å². The van der Waals surface area contributed by atoms with E-state index in [4.69, 9.17) is 4.74 Å². The number of fused-ring (bicyclic) bond motifs is 1. The molecule has 0 unspecified atom stereocenters. The molecule has 0 fully saturated rings. The lowest BCUT2D eigenvalue weighted by atomic mass is 10.2. The Balaban J connectivity index is 2.45. The van der Waals surface area contributed by atoms with Crippen LogP contribution >= 0.6 is 0 Å². The van der Waals surface area contributed by atoms with Crippen molar-refractivity contribution in [3.63, 3.8) is 0 Å². The van der Waals surface area contributed by atoms with E-state index in [2.05, 4.69) is 9.98 Å². The van der Waals surface area contributed by atoms with Gasteiger partial charge in [0.2, 0.25) is 0 Å². The highest BCUT2D eigenvalue weighted by molar-refractivity contribution is 5.81. The Morgan fingerprint density at radius 2 is 2.45 bits per heavy atom. The van der Waals surface area contributed by atoms with Crippen LogP contribution in [-0.2, 0) is 6.54 Å². The zero-order chi connectivity index (χ0) is 7.68. The van der Waals surface area contributed by atoms with Crippen LogP contribution in [0, 0.1) is 0 Å². The van der Waals surface area contributed by atoms with Crippen LogP contribution in [-0.4, -0.2) is 18.3 Å². The number of methoxy groups -OCH3 is 1. The molecule has 0 aromatic carbocycles. The van der Waals surface area contributed by atoms with E-state index in [1.807, 2.05) is 6.07 Å². The average molecular weight is 148 g/mol. The highest BCUT2D eigenvalue weighted by atomic mass is 16.5. The third-order valence-electron chi connectivity index (χ3n) is 1.69. The number of ether oxygens (including phenoxy) is 1. The van der Waals surface area contributed by atoms with Gasteiger partial charge in [-0.1, -0.05) is 0 Å². The highest BCUT2D eigenvalue weighted by Gasteiger charge is 2.07. The molecule has 56 valence electrons. The molecular formula is C8H8N2O. The summed E-state index contributed by atoms with van der Waals surface area (Å²) in [7, 11) is 1.64. The molecule has 1 aliphatic rings. The Morgan fingerprint density at radius 1 is 1.55 bits per heavy atom. The fourth-order valence-corrected chi connectivity index (χ4v) is 1.08. The molecule has 2 rings (SSSR count). The molecule has 0 radical (unpaired) electrons. The van der Waals surface area contributed by atoms with Gasteiger partial charge in [0.25, 0.3) is 0 Å². The first kappa shape index (κ1) is 6.34. The second-order valence-electron chi connectivity index (χ2n) is 2.39. The molecule has 0 N–H and O–H groups in total. The van der Waals surface area contributed by atoms with Crippen LogP contribution in [0.4, 0.5) is 0 Å². The minimum Gasteiger partial charge on any atom is -0.495 e. The van der Waals surface area contributed by atoms with E-state index in [0.29, 0.717) is 0 Å². The van der Waals surface area contributed by atoms with Gasteiger partial charge in [-0.05, 0) is 6.07 Å². The van der Waals surface area contributed by atoms with Crippen molar-refractivity contribution in [2.45, 2.75) is 6.54 Å². The maximum absolute atomic E-state index is 5.02. The zero-order valence-corrected chi connectivity index (χ0v) is 6.24. The van der Waals surface area contributed by atoms with Crippen molar-refractivity contribution in [1.82, 2.24) is 4.98 Å². The van der Waals surface area contributed by atoms with Crippen LogP contribution in [0.3, 0.4) is 0 Å². The molecule has 0 amide bonds. The van der Waals surface area contributed by atoms with E-state index in [0.717, 1.165) is 23.6 Å². The van der Waals surface area contributed by atoms with Gasteiger partial charge in [-0.25, -0.2) is 0 Å². The summed E-state index contributed by atoms with van der Waals surface area (Å²) >= 11 is 0. The van der Waals surface area contributed by atoms with Crippen LogP contribution in [0.15, 0.2) is 17.3 Å². The van der Waals surface area contributed by atoms with Crippen molar-refractivity contribution in [1.29, 1.82) is 0 Å². The van der Waals surface area contributed by atoms with E-state index in [1.54, 1.807) is 19.5 Å². The summed E-state index contributed by atoms with van der Waals surface area (Å²) < 4.78 is 5.02. The van der Waals surface area contributed by atoms with Crippen molar-refractivity contribution in [3.8, 4) is 5.75 Å². The molecule has 3 nitrogen and oxygen atoms in total. The minimum absolute atomic E-state index is 0.736. The molecule has 0 spiro atoms. The molecular weight excluding hydrogens is 140 g/mol. The van der Waals surface area contributed by atoms with Gasteiger partial charge in [0, 0.05) is 11.8 Å². The van der Waals surface area contributed by atoms with Gasteiger partial charge in [0.1, 0.15) is 5.75 Å². The summed E-state index contributed by atoms with van der Waals surface area (Å²) in [5.41, 5.74) is 2.11. The van der Waals surface area contributed by atoms with Gasteiger partial charge in [0.05, 0.1) is 25.5 Å². The van der Waals surface area contributed by atoms with E-state index in [-0.39, 0.29) is 0 Å². The van der Waals surface area contributed by atoms with Crippen molar-refractivity contribution in [2.24, 2.45) is 4.99 Å². The molecule has 3 heteroatoms. The van der Waals surface area contributed by atoms with E-state index in [1.165, 1.54) is 0 Å². The Hall–Kier alpha value is -1.38. The second kappa shape index (κ2) is 2.34. The maximum Gasteiger partial charge on any atom is 0.137 e. The van der Waals surface area contributed by atoms with Crippen molar-refractivity contribution >= 4 is 6.21 Å². The molecule has 0 atom stereocenters. The number of nitrogens with zero attached hydrogens (tertiary/aromatic N) is 2. The van der Waals surface area contributed by atoms with Gasteiger partial charge in [-0.3, -0.25) is 9.98 Å². The third kappa shape index (κ3) is 0.981. The summed E-state index contributed by atoms with van der Waals surface area (Å²) in [5, 5.41) is 0. The van der Waals surface area contributed by atoms with E-state index < -0.39 is 0 Å². The quantitative estimate of drug-likeness (QED) is 0.596. The van der Waals surface area contributed by atoms with Gasteiger partial charge >= 0.3 is 0 Å². The molecule has 1 aromatic rings. The SMILES string of the molecule is COc1cnc2c(c1)CN=C2.